The summed E-state index contributed by atoms with van der Waals surface area (Å²) >= 11 is 0. The Morgan fingerprint density at radius 2 is 2.38 bits per heavy atom. The molecule has 1 unspecified atom stereocenters. The number of nitrogens with one attached hydrogen (secondary N) is 1. The molecule has 5 nitrogen and oxygen atoms in total. The zero-order valence-electron chi connectivity index (χ0n) is 6.75. The first kappa shape index (κ1) is 7.88. The van der Waals surface area contributed by atoms with Gasteiger partial charge in [0.05, 0.1) is 0 Å². The van der Waals surface area contributed by atoms with E-state index in [1.165, 1.54) is 0 Å². The smallest absolute Gasteiger partial charge is 0.216 e. The molecule has 2 heterocycles. The Bertz CT molecular complexity index is 348. The summed E-state index contributed by atoms with van der Waals surface area (Å²) in [5, 5.41) is 21.1. The van der Waals surface area contributed by atoms with Crippen molar-refractivity contribution in [1.82, 2.24) is 15.6 Å². The molecular formula is C8H8N4O. The minimum Gasteiger partial charge on any atom is -0.361 e. The number of hydrazone groups is 1. The summed E-state index contributed by atoms with van der Waals surface area (Å²) in [6.45, 7) is 0. The fourth-order valence-electron chi connectivity index (χ4n) is 1.05. The van der Waals surface area contributed by atoms with Crippen molar-refractivity contribution in [3.05, 3.63) is 36.2 Å². The number of aromatic nitrogens is 2. The van der Waals surface area contributed by atoms with Crippen LogP contribution in [0.1, 0.15) is 5.69 Å². The highest BCUT2D eigenvalue weighted by Crippen LogP contribution is 2.17. The SMILES string of the molecule is OC1(c2cccnn2)C=CC=NN1. The molecule has 0 aromatic carbocycles. The maximum Gasteiger partial charge on any atom is 0.216 e. The number of rotatable bonds is 1. The normalized spacial score (nSPS) is 25.6. The fourth-order valence-corrected chi connectivity index (χ4v) is 1.05. The van der Waals surface area contributed by atoms with Crippen LogP contribution in [0.3, 0.4) is 0 Å². The molecule has 13 heavy (non-hydrogen) atoms. The Morgan fingerprint density at radius 1 is 1.46 bits per heavy atom. The molecule has 2 rings (SSSR count). The third-order valence-electron chi connectivity index (χ3n) is 1.70. The van der Waals surface area contributed by atoms with Crippen molar-refractivity contribution in [2.75, 3.05) is 0 Å². The first-order chi connectivity index (χ1) is 6.31. The summed E-state index contributed by atoms with van der Waals surface area (Å²) < 4.78 is 0. The van der Waals surface area contributed by atoms with Gasteiger partial charge in [0.15, 0.2) is 0 Å². The summed E-state index contributed by atoms with van der Waals surface area (Å²) in [4.78, 5) is 0. The van der Waals surface area contributed by atoms with Crippen molar-refractivity contribution in [2.24, 2.45) is 5.10 Å². The predicted octanol–water partition coefficient (Wildman–Crippen LogP) is -0.233. The lowest BCUT2D eigenvalue weighted by Gasteiger charge is -2.24. The summed E-state index contributed by atoms with van der Waals surface area (Å²) in [5.74, 6) is 0. The standard InChI is InChI=1S/C8H8N4O/c13-8(4-2-6-10-12-8)7-3-1-5-9-11-7/h1-6,12-13H. The second-order valence-electron chi connectivity index (χ2n) is 2.62. The lowest BCUT2D eigenvalue weighted by Crippen LogP contribution is -2.39. The van der Waals surface area contributed by atoms with Gasteiger partial charge in [-0.15, -0.1) is 0 Å². The number of hydrogen-bond donors (Lipinski definition) is 2. The molecule has 1 aliphatic heterocycles. The average Bonchev–Trinajstić information content (AvgIpc) is 2.20. The summed E-state index contributed by atoms with van der Waals surface area (Å²) in [6, 6.07) is 3.37. The van der Waals surface area contributed by atoms with Gasteiger partial charge in [-0.1, -0.05) is 0 Å². The molecule has 0 bridgehead atoms. The van der Waals surface area contributed by atoms with Crippen LogP contribution in [0.15, 0.2) is 35.6 Å². The lowest BCUT2D eigenvalue weighted by molar-refractivity contribution is 0.0462. The van der Waals surface area contributed by atoms with E-state index in [0.29, 0.717) is 5.69 Å². The van der Waals surface area contributed by atoms with Crippen molar-refractivity contribution in [2.45, 2.75) is 5.72 Å². The van der Waals surface area contributed by atoms with Crippen LogP contribution < -0.4 is 5.43 Å². The summed E-state index contributed by atoms with van der Waals surface area (Å²) in [5.41, 5.74) is 1.64. The van der Waals surface area contributed by atoms with E-state index in [1.807, 2.05) is 0 Å². The fraction of sp³-hybridized carbons (Fsp3) is 0.125. The quantitative estimate of drug-likeness (QED) is 0.620. The van der Waals surface area contributed by atoms with Gasteiger partial charge in [-0.25, -0.2) is 0 Å². The molecule has 0 radical (unpaired) electrons. The molecule has 0 saturated carbocycles. The highest BCUT2D eigenvalue weighted by atomic mass is 16.3. The minimum atomic E-state index is -1.33. The van der Waals surface area contributed by atoms with Gasteiger partial charge in [0.2, 0.25) is 5.72 Å². The van der Waals surface area contributed by atoms with E-state index in [9.17, 15) is 5.11 Å². The Kier molecular flexibility index (Phi) is 1.79. The molecule has 1 aromatic heterocycles. The number of hydrogen-bond acceptors (Lipinski definition) is 5. The molecule has 66 valence electrons. The van der Waals surface area contributed by atoms with Gasteiger partial charge >= 0.3 is 0 Å². The van der Waals surface area contributed by atoms with E-state index >= 15 is 0 Å². The van der Waals surface area contributed by atoms with Crippen molar-refractivity contribution in [1.29, 1.82) is 0 Å². The zero-order valence-corrected chi connectivity index (χ0v) is 6.75. The van der Waals surface area contributed by atoms with Crippen molar-refractivity contribution >= 4 is 6.21 Å². The number of nitrogens with zero attached hydrogens (tertiary/aromatic N) is 3. The van der Waals surface area contributed by atoms with Gasteiger partial charge in [-0.05, 0) is 24.3 Å². The van der Waals surface area contributed by atoms with Crippen LogP contribution >= 0.6 is 0 Å². The largest absolute Gasteiger partial charge is 0.361 e. The molecule has 0 fully saturated rings. The van der Waals surface area contributed by atoms with Crippen molar-refractivity contribution in [3.63, 3.8) is 0 Å². The predicted molar refractivity (Wildman–Crippen MR) is 46.7 cm³/mol. The van der Waals surface area contributed by atoms with Gasteiger partial charge in [0.25, 0.3) is 0 Å². The Morgan fingerprint density at radius 3 is 3.00 bits per heavy atom. The van der Waals surface area contributed by atoms with E-state index in [1.54, 1.807) is 36.7 Å². The van der Waals surface area contributed by atoms with Crippen LogP contribution in [-0.2, 0) is 5.72 Å². The van der Waals surface area contributed by atoms with Crippen molar-refractivity contribution in [3.8, 4) is 0 Å². The molecule has 1 aromatic rings. The van der Waals surface area contributed by atoms with Crippen LogP contribution in [0.5, 0.6) is 0 Å². The maximum absolute atomic E-state index is 9.93. The van der Waals surface area contributed by atoms with Gasteiger partial charge < -0.3 is 5.11 Å². The van der Waals surface area contributed by atoms with Crippen LogP contribution in [-0.4, -0.2) is 21.5 Å². The van der Waals surface area contributed by atoms with E-state index in [-0.39, 0.29) is 0 Å². The summed E-state index contributed by atoms with van der Waals surface area (Å²) in [6.07, 6.45) is 6.29. The van der Waals surface area contributed by atoms with E-state index in [2.05, 4.69) is 20.7 Å². The van der Waals surface area contributed by atoms with Crippen molar-refractivity contribution < 1.29 is 5.11 Å². The van der Waals surface area contributed by atoms with Crippen LogP contribution in [0.2, 0.25) is 0 Å². The van der Waals surface area contributed by atoms with Crippen LogP contribution in [0, 0.1) is 0 Å². The average molecular weight is 176 g/mol. The Labute approximate surface area is 74.8 Å². The highest BCUT2D eigenvalue weighted by molar-refractivity contribution is 5.72. The van der Waals surface area contributed by atoms with Crippen LogP contribution in [0.4, 0.5) is 0 Å². The van der Waals surface area contributed by atoms with Gasteiger partial charge in [0.1, 0.15) is 5.69 Å². The molecule has 1 aliphatic rings. The van der Waals surface area contributed by atoms with Gasteiger partial charge in [0, 0.05) is 12.4 Å². The van der Waals surface area contributed by atoms with E-state index in [0.717, 1.165) is 0 Å². The van der Waals surface area contributed by atoms with E-state index in [4.69, 9.17) is 0 Å². The van der Waals surface area contributed by atoms with Gasteiger partial charge in [-0.2, -0.15) is 15.3 Å². The topological polar surface area (TPSA) is 70.4 Å². The zero-order chi connectivity index (χ0) is 9.15. The third kappa shape index (κ3) is 1.41. The van der Waals surface area contributed by atoms with E-state index < -0.39 is 5.72 Å². The number of aliphatic hydroxyl groups is 1. The molecule has 2 N–H and O–H groups in total. The molecule has 0 amide bonds. The highest BCUT2D eigenvalue weighted by Gasteiger charge is 2.28. The molecule has 0 spiro atoms. The Balaban J connectivity index is 2.35. The maximum atomic E-state index is 9.93. The minimum absolute atomic E-state index is 0.420. The number of allylic oxidation sites excluding steroid dienone is 1. The first-order valence-corrected chi connectivity index (χ1v) is 3.80. The molecule has 0 aliphatic carbocycles. The third-order valence-corrected chi connectivity index (χ3v) is 1.70. The molecule has 1 atom stereocenters. The first-order valence-electron chi connectivity index (χ1n) is 3.80. The lowest BCUT2D eigenvalue weighted by atomic mass is 10.1. The summed E-state index contributed by atoms with van der Waals surface area (Å²) in [7, 11) is 0. The monoisotopic (exact) mass is 176 g/mol. The van der Waals surface area contributed by atoms with Crippen LogP contribution in [0.25, 0.3) is 0 Å². The molecular weight excluding hydrogens is 168 g/mol. The Hall–Kier alpha value is -1.75. The second kappa shape index (κ2) is 2.95. The van der Waals surface area contributed by atoms with Gasteiger partial charge in [-0.3, -0.25) is 5.43 Å². The molecule has 5 heteroatoms. The molecule has 0 saturated heterocycles. The second-order valence-corrected chi connectivity index (χ2v) is 2.62.